The lowest BCUT2D eigenvalue weighted by atomic mass is 10.1. The summed E-state index contributed by atoms with van der Waals surface area (Å²) < 4.78 is 5.65. The predicted octanol–water partition coefficient (Wildman–Crippen LogP) is 4.25. The van der Waals surface area contributed by atoms with Crippen LogP contribution in [-0.2, 0) is 4.79 Å². The molecule has 0 atom stereocenters. The monoisotopic (exact) mass is 397 g/mol. The van der Waals surface area contributed by atoms with Crippen molar-refractivity contribution in [2.24, 2.45) is 5.92 Å². The highest BCUT2D eigenvalue weighted by molar-refractivity contribution is 5.98. The maximum Gasteiger partial charge on any atom is 0.253 e. The zero-order chi connectivity index (χ0) is 21.2. The molecule has 0 unspecified atom stereocenters. The topological polar surface area (TPSA) is 70.7 Å². The van der Waals surface area contributed by atoms with Crippen LogP contribution in [0.2, 0.25) is 0 Å². The fourth-order valence-corrected chi connectivity index (χ4v) is 2.74. The maximum atomic E-state index is 12.5. The third-order valence-electron chi connectivity index (χ3n) is 4.33. The van der Waals surface area contributed by atoms with Gasteiger partial charge >= 0.3 is 0 Å². The molecule has 0 aromatic heterocycles. The van der Waals surface area contributed by atoms with Gasteiger partial charge in [0.15, 0.2) is 0 Å². The number of nitrogens with zero attached hydrogens (tertiary/aromatic N) is 1. The van der Waals surface area contributed by atoms with E-state index in [0.717, 1.165) is 11.4 Å². The van der Waals surface area contributed by atoms with E-state index in [-0.39, 0.29) is 18.4 Å². The molecule has 2 aromatic rings. The van der Waals surface area contributed by atoms with Crippen molar-refractivity contribution >= 4 is 23.2 Å². The van der Waals surface area contributed by atoms with Gasteiger partial charge in [0.25, 0.3) is 5.91 Å². The summed E-state index contributed by atoms with van der Waals surface area (Å²) in [5.74, 6) is 1.06. The number of hydrogen-bond acceptors (Lipinski definition) is 4. The Balaban J connectivity index is 1.88. The van der Waals surface area contributed by atoms with Crippen LogP contribution in [0.5, 0.6) is 5.75 Å². The van der Waals surface area contributed by atoms with Gasteiger partial charge in [-0.1, -0.05) is 19.9 Å². The molecule has 0 aliphatic carbocycles. The quantitative estimate of drug-likeness (QED) is 0.629. The summed E-state index contributed by atoms with van der Waals surface area (Å²) in [4.78, 5) is 26.5. The highest BCUT2D eigenvalue weighted by Gasteiger charge is 2.13. The summed E-state index contributed by atoms with van der Waals surface area (Å²) in [6, 6.07) is 14.5. The highest BCUT2D eigenvalue weighted by Crippen LogP contribution is 2.17. The van der Waals surface area contributed by atoms with Gasteiger partial charge < -0.3 is 20.3 Å². The molecule has 0 radical (unpaired) electrons. The maximum absolute atomic E-state index is 12.5. The minimum absolute atomic E-state index is 0.0380. The number of amides is 2. The first-order valence-corrected chi connectivity index (χ1v) is 10.1. The van der Waals surface area contributed by atoms with Crippen molar-refractivity contribution in [3.8, 4) is 5.75 Å². The van der Waals surface area contributed by atoms with Crippen molar-refractivity contribution in [3.05, 3.63) is 54.1 Å². The van der Waals surface area contributed by atoms with Crippen LogP contribution in [0.1, 0.15) is 38.1 Å². The van der Waals surface area contributed by atoms with E-state index in [2.05, 4.69) is 24.5 Å². The van der Waals surface area contributed by atoms with Crippen molar-refractivity contribution in [2.75, 3.05) is 36.9 Å². The molecule has 0 heterocycles. The molecule has 2 N–H and O–H groups in total. The Morgan fingerprint density at radius 2 is 1.69 bits per heavy atom. The third kappa shape index (κ3) is 7.14. The molecule has 2 amide bonds. The molecule has 0 bridgehead atoms. The first kappa shape index (κ1) is 22.3. The van der Waals surface area contributed by atoms with Gasteiger partial charge in [-0.15, -0.1) is 0 Å². The number of carbonyl (C=O) groups is 2. The average molecular weight is 398 g/mol. The summed E-state index contributed by atoms with van der Waals surface area (Å²) in [5.41, 5.74) is 2.01. The Morgan fingerprint density at radius 3 is 2.31 bits per heavy atom. The molecule has 156 valence electrons. The average Bonchev–Trinajstić information content (AvgIpc) is 2.72. The lowest BCUT2D eigenvalue weighted by Crippen LogP contribution is -2.30. The van der Waals surface area contributed by atoms with E-state index in [9.17, 15) is 9.59 Å². The summed E-state index contributed by atoms with van der Waals surface area (Å²) >= 11 is 0. The number of ether oxygens (including phenoxy) is 1. The summed E-state index contributed by atoms with van der Waals surface area (Å²) in [6.45, 7) is 10.2. The van der Waals surface area contributed by atoms with E-state index in [4.69, 9.17) is 4.74 Å². The van der Waals surface area contributed by atoms with Gasteiger partial charge in [-0.3, -0.25) is 9.59 Å². The van der Waals surface area contributed by atoms with Crippen molar-refractivity contribution in [1.29, 1.82) is 0 Å². The van der Waals surface area contributed by atoms with Crippen LogP contribution < -0.4 is 15.4 Å². The second kappa shape index (κ2) is 11.1. The van der Waals surface area contributed by atoms with Crippen LogP contribution in [0.25, 0.3) is 0 Å². The van der Waals surface area contributed by atoms with Gasteiger partial charge in [0.05, 0.1) is 13.2 Å². The van der Waals surface area contributed by atoms with Gasteiger partial charge in [0.2, 0.25) is 5.91 Å². The number of nitrogens with one attached hydrogen (secondary N) is 2. The normalized spacial score (nSPS) is 10.5. The smallest absolute Gasteiger partial charge is 0.253 e. The SMILES string of the molecule is CCN(CC)C(=O)c1cccc(NC(=O)CNc2ccc(OCC(C)C)cc2)c1. The van der Waals surface area contributed by atoms with E-state index < -0.39 is 0 Å². The molecule has 6 heteroatoms. The molecule has 2 aromatic carbocycles. The molecule has 0 saturated carbocycles. The molecule has 29 heavy (non-hydrogen) atoms. The van der Waals surface area contributed by atoms with E-state index >= 15 is 0 Å². The zero-order valence-electron chi connectivity index (χ0n) is 17.7. The lowest BCUT2D eigenvalue weighted by Gasteiger charge is -2.19. The van der Waals surface area contributed by atoms with Crippen molar-refractivity contribution in [2.45, 2.75) is 27.7 Å². The van der Waals surface area contributed by atoms with Crippen LogP contribution in [0.3, 0.4) is 0 Å². The van der Waals surface area contributed by atoms with Crippen molar-refractivity contribution in [3.63, 3.8) is 0 Å². The Hall–Kier alpha value is -3.02. The Morgan fingerprint density at radius 1 is 1.00 bits per heavy atom. The van der Waals surface area contributed by atoms with Crippen LogP contribution in [0.4, 0.5) is 11.4 Å². The largest absolute Gasteiger partial charge is 0.493 e. The van der Waals surface area contributed by atoms with E-state index in [1.807, 2.05) is 38.1 Å². The summed E-state index contributed by atoms with van der Waals surface area (Å²) in [6.07, 6.45) is 0. The van der Waals surface area contributed by atoms with Gasteiger partial charge in [0, 0.05) is 30.0 Å². The molecule has 6 nitrogen and oxygen atoms in total. The number of benzene rings is 2. The van der Waals surface area contributed by atoms with Crippen molar-refractivity contribution in [1.82, 2.24) is 4.90 Å². The molecule has 2 rings (SSSR count). The Bertz CT molecular complexity index is 799. The summed E-state index contributed by atoms with van der Waals surface area (Å²) in [7, 11) is 0. The molecular formula is C23H31N3O3. The van der Waals surface area contributed by atoms with E-state index in [1.165, 1.54) is 0 Å². The fraction of sp³-hybridized carbons (Fsp3) is 0.391. The highest BCUT2D eigenvalue weighted by atomic mass is 16.5. The first-order chi connectivity index (χ1) is 13.9. The fourth-order valence-electron chi connectivity index (χ4n) is 2.74. The lowest BCUT2D eigenvalue weighted by molar-refractivity contribution is -0.114. The Kier molecular flexibility index (Phi) is 8.52. The van der Waals surface area contributed by atoms with Gasteiger partial charge in [0.1, 0.15) is 5.75 Å². The molecule has 0 fully saturated rings. The molecule has 0 saturated heterocycles. The van der Waals surface area contributed by atoms with E-state index in [0.29, 0.717) is 36.9 Å². The standard InChI is InChI=1S/C23H31N3O3/c1-5-26(6-2)23(28)18-8-7-9-20(14-18)25-22(27)15-24-19-10-12-21(13-11-19)29-16-17(3)4/h7-14,17,24H,5-6,15-16H2,1-4H3,(H,25,27). The molecule has 0 aliphatic heterocycles. The van der Waals surface area contributed by atoms with Crippen molar-refractivity contribution < 1.29 is 14.3 Å². The minimum Gasteiger partial charge on any atom is -0.493 e. The number of carbonyl (C=O) groups excluding carboxylic acids is 2. The van der Waals surface area contributed by atoms with Crippen LogP contribution in [0, 0.1) is 5.92 Å². The number of anilines is 2. The Labute approximate surface area is 173 Å². The third-order valence-corrected chi connectivity index (χ3v) is 4.33. The number of rotatable bonds is 10. The number of hydrogen-bond donors (Lipinski definition) is 2. The van der Waals surface area contributed by atoms with Gasteiger partial charge in [-0.05, 0) is 62.2 Å². The van der Waals surface area contributed by atoms with Gasteiger partial charge in [-0.2, -0.15) is 0 Å². The van der Waals surface area contributed by atoms with Crippen LogP contribution in [0.15, 0.2) is 48.5 Å². The molecule has 0 aliphatic rings. The zero-order valence-corrected chi connectivity index (χ0v) is 17.7. The first-order valence-electron chi connectivity index (χ1n) is 10.1. The van der Waals surface area contributed by atoms with Crippen LogP contribution >= 0.6 is 0 Å². The minimum atomic E-state index is -0.183. The second-order valence-electron chi connectivity index (χ2n) is 7.19. The predicted molar refractivity (Wildman–Crippen MR) is 118 cm³/mol. The van der Waals surface area contributed by atoms with Gasteiger partial charge in [-0.25, -0.2) is 0 Å². The molecule has 0 spiro atoms. The molecular weight excluding hydrogens is 366 g/mol. The second-order valence-corrected chi connectivity index (χ2v) is 7.19. The summed E-state index contributed by atoms with van der Waals surface area (Å²) in [5, 5.41) is 5.92. The van der Waals surface area contributed by atoms with Crippen LogP contribution in [-0.4, -0.2) is 43.0 Å². The van der Waals surface area contributed by atoms with E-state index in [1.54, 1.807) is 29.2 Å².